The largest absolute Gasteiger partial charge is 0.396 e. The lowest BCUT2D eigenvalue weighted by Crippen LogP contribution is -2.33. The molecule has 0 fully saturated rings. The Labute approximate surface area is 106 Å². The van der Waals surface area contributed by atoms with E-state index in [1.165, 1.54) is 4.80 Å². The molecule has 1 amide bonds. The number of carbonyl (C=O) groups is 1. The van der Waals surface area contributed by atoms with E-state index in [0.717, 1.165) is 6.42 Å². The van der Waals surface area contributed by atoms with Gasteiger partial charge in [0.1, 0.15) is 0 Å². The van der Waals surface area contributed by atoms with Crippen LogP contribution in [0.2, 0.25) is 0 Å². The molecular formula is C12H18N4O2. The predicted octanol–water partition coefficient (Wildman–Crippen LogP) is 0.273. The minimum Gasteiger partial charge on any atom is -0.396 e. The summed E-state index contributed by atoms with van der Waals surface area (Å²) in [6.45, 7) is 4.46. The van der Waals surface area contributed by atoms with Crippen molar-refractivity contribution in [1.29, 1.82) is 0 Å². The summed E-state index contributed by atoms with van der Waals surface area (Å²) in [5.74, 6) is -0.0665. The Hall–Kier alpha value is -1.69. The Morgan fingerprint density at radius 3 is 2.89 bits per heavy atom. The molecule has 0 bridgehead atoms. The van der Waals surface area contributed by atoms with Crippen molar-refractivity contribution < 1.29 is 9.90 Å². The fourth-order valence-electron chi connectivity index (χ4n) is 2.04. The number of aromatic nitrogens is 3. The van der Waals surface area contributed by atoms with E-state index < -0.39 is 0 Å². The number of nitrogens with one attached hydrogen (secondary N) is 1. The van der Waals surface area contributed by atoms with Crippen molar-refractivity contribution in [3.8, 4) is 0 Å². The van der Waals surface area contributed by atoms with Crippen LogP contribution < -0.4 is 5.32 Å². The van der Waals surface area contributed by atoms with Gasteiger partial charge in [0.15, 0.2) is 5.69 Å². The SMILES string of the molecule is CCn1nc(C)c(C(=O)N[C@@H]2C=C[C@H](CO)C2)n1. The van der Waals surface area contributed by atoms with Crippen LogP contribution in [0.4, 0.5) is 0 Å². The first-order chi connectivity index (χ1) is 8.63. The van der Waals surface area contributed by atoms with Crippen molar-refractivity contribution >= 4 is 5.91 Å². The summed E-state index contributed by atoms with van der Waals surface area (Å²) in [5.41, 5.74) is 1.01. The lowest BCUT2D eigenvalue weighted by atomic mass is 10.1. The molecule has 1 heterocycles. The number of hydrogen-bond acceptors (Lipinski definition) is 4. The first-order valence-electron chi connectivity index (χ1n) is 6.15. The van der Waals surface area contributed by atoms with Crippen molar-refractivity contribution in [2.24, 2.45) is 5.92 Å². The lowest BCUT2D eigenvalue weighted by Gasteiger charge is -2.11. The standard InChI is InChI=1S/C12H18N4O2/c1-3-16-14-8(2)11(15-16)12(18)13-10-5-4-9(6-10)7-17/h4-5,9-10,17H,3,6-7H2,1-2H3,(H,13,18)/t9-,10+/m0/s1. The second kappa shape index (κ2) is 5.30. The maximum Gasteiger partial charge on any atom is 0.274 e. The minimum absolute atomic E-state index is 0.0270. The third-order valence-corrected chi connectivity index (χ3v) is 3.04. The van der Waals surface area contributed by atoms with Crippen LogP contribution in [-0.2, 0) is 6.54 Å². The van der Waals surface area contributed by atoms with Gasteiger partial charge in [-0.15, -0.1) is 5.10 Å². The molecule has 0 aromatic carbocycles. The van der Waals surface area contributed by atoms with E-state index in [9.17, 15) is 4.79 Å². The zero-order chi connectivity index (χ0) is 13.1. The number of nitrogens with zero attached hydrogens (tertiary/aromatic N) is 3. The molecule has 0 saturated carbocycles. The Morgan fingerprint density at radius 2 is 2.33 bits per heavy atom. The molecule has 0 spiro atoms. The molecule has 1 aromatic heterocycles. The Balaban J connectivity index is 2.00. The van der Waals surface area contributed by atoms with E-state index >= 15 is 0 Å². The average Bonchev–Trinajstić information content (AvgIpc) is 2.95. The first kappa shape index (κ1) is 12.8. The maximum absolute atomic E-state index is 12.0. The zero-order valence-electron chi connectivity index (χ0n) is 10.6. The lowest BCUT2D eigenvalue weighted by molar-refractivity contribution is 0.0934. The first-order valence-corrected chi connectivity index (χ1v) is 6.15. The van der Waals surface area contributed by atoms with Crippen LogP contribution in [0.3, 0.4) is 0 Å². The van der Waals surface area contributed by atoms with E-state index in [2.05, 4.69) is 15.5 Å². The van der Waals surface area contributed by atoms with Crippen molar-refractivity contribution in [3.63, 3.8) is 0 Å². The van der Waals surface area contributed by atoms with Crippen LogP contribution in [0.5, 0.6) is 0 Å². The molecule has 0 unspecified atom stereocenters. The molecule has 18 heavy (non-hydrogen) atoms. The number of aliphatic hydroxyl groups is 1. The summed E-state index contributed by atoms with van der Waals surface area (Å²) < 4.78 is 0. The van der Waals surface area contributed by atoms with Crippen LogP contribution in [0, 0.1) is 12.8 Å². The third kappa shape index (κ3) is 2.59. The quantitative estimate of drug-likeness (QED) is 0.752. The Morgan fingerprint density at radius 1 is 1.56 bits per heavy atom. The van der Waals surface area contributed by atoms with Gasteiger partial charge in [0.05, 0.1) is 12.2 Å². The molecule has 6 heteroatoms. The molecule has 0 aliphatic heterocycles. The van der Waals surface area contributed by atoms with Crippen molar-refractivity contribution in [3.05, 3.63) is 23.5 Å². The highest BCUT2D eigenvalue weighted by Gasteiger charge is 2.22. The topological polar surface area (TPSA) is 80.0 Å². The van der Waals surface area contributed by atoms with Crippen LogP contribution in [-0.4, -0.2) is 38.7 Å². The smallest absolute Gasteiger partial charge is 0.274 e. The highest BCUT2D eigenvalue weighted by Crippen LogP contribution is 2.17. The monoisotopic (exact) mass is 250 g/mol. The van der Waals surface area contributed by atoms with Gasteiger partial charge in [-0.25, -0.2) is 0 Å². The number of hydrogen-bond donors (Lipinski definition) is 2. The van der Waals surface area contributed by atoms with Gasteiger partial charge >= 0.3 is 0 Å². The molecule has 1 aromatic rings. The van der Waals surface area contributed by atoms with E-state index in [1.807, 2.05) is 19.1 Å². The maximum atomic E-state index is 12.0. The number of carbonyl (C=O) groups excluding carboxylic acids is 1. The van der Waals surface area contributed by atoms with Crippen LogP contribution >= 0.6 is 0 Å². The molecule has 2 rings (SSSR count). The Kier molecular flexibility index (Phi) is 3.76. The molecule has 2 N–H and O–H groups in total. The second-order valence-corrected chi connectivity index (χ2v) is 4.47. The predicted molar refractivity (Wildman–Crippen MR) is 66.0 cm³/mol. The molecule has 0 radical (unpaired) electrons. The van der Waals surface area contributed by atoms with E-state index in [4.69, 9.17) is 5.11 Å². The Bertz CT molecular complexity index is 467. The van der Waals surface area contributed by atoms with Crippen molar-refractivity contribution in [1.82, 2.24) is 20.3 Å². The van der Waals surface area contributed by atoms with E-state index in [-0.39, 0.29) is 24.5 Å². The van der Waals surface area contributed by atoms with Gasteiger partial charge in [-0.1, -0.05) is 12.2 Å². The molecular weight excluding hydrogens is 232 g/mol. The summed E-state index contributed by atoms with van der Waals surface area (Å²) in [6.07, 6.45) is 4.59. The van der Waals surface area contributed by atoms with Crippen LogP contribution in [0.25, 0.3) is 0 Å². The summed E-state index contributed by atoms with van der Waals surface area (Å²) in [5, 5.41) is 20.2. The molecule has 1 aliphatic rings. The number of aliphatic hydroxyl groups excluding tert-OH is 1. The number of amides is 1. The van der Waals surface area contributed by atoms with E-state index in [1.54, 1.807) is 6.92 Å². The highest BCUT2D eigenvalue weighted by atomic mass is 16.3. The normalized spacial score (nSPS) is 22.4. The average molecular weight is 250 g/mol. The molecule has 2 atom stereocenters. The second-order valence-electron chi connectivity index (χ2n) is 4.47. The fourth-order valence-corrected chi connectivity index (χ4v) is 2.04. The molecule has 98 valence electrons. The van der Waals surface area contributed by atoms with Crippen molar-refractivity contribution in [2.75, 3.05) is 6.61 Å². The van der Waals surface area contributed by atoms with Gasteiger partial charge in [0.2, 0.25) is 0 Å². The minimum atomic E-state index is -0.208. The highest BCUT2D eigenvalue weighted by molar-refractivity contribution is 5.93. The summed E-state index contributed by atoms with van der Waals surface area (Å²) >= 11 is 0. The summed E-state index contributed by atoms with van der Waals surface area (Å²) in [7, 11) is 0. The van der Waals surface area contributed by atoms with Gasteiger partial charge in [-0.3, -0.25) is 4.79 Å². The molecule has 6 nitrogen and oxygen atoms in total. The van der Waals surface area contributed by atoms with Crippen LogP contribution in [0.1, 0.15) is 29.5 Å². The third-order valence-electron chi connectivity index (χ3n) is 3.04. The van der Waals surface area contributed by atoms with Gasteiger partial charge in [0.25, 0.3) is 5.91 Å². The van der Waals surface area contributed by atoms with E-state index in [0.29, 0.717) is 17.9 Å². The summed E-state index contributed by atoms with van der Waals surface area (Å²) in [6, 6.07) is -0.0270. The van der Waals surface area contributed by atoms with Gasteiger partial charge in [-0.2, -0.15) is 9.90 Å². The number of rotatable bonds is 4. The zero-order valence-corrected chi connectivity index (χ0v) is 10.6. The van der Waals surface area contributed by atoms with Gasteiger partial charge in [0, 0.05) is 18.6 Å². The molecule has 0 saturated heterocycles. The molecule has 1 aliphatic carbocycles. The van der Waals surface area contributed by atoms with Crippen molar-refractivity contribution in [2.45, 2.75) is 32.9 Å². The number of aryl methyl sites for hydroxylation is 2. The fraction of sp³-hybridized carbons (Fsp3) is 0.583. The summed E-state index contributed by atoms with van der Waals surface area (Å²) in [4.78, 5) is 13.5. The van der Waals surface area contributed by atoms with Gasteiger partial charge in [-0.05, 0) is 20.3 Å². The van der Waals surface area contributed by atoms with Gasteiger partial charge < -0.3 is 10.4 Å². The van der Waals surface area contributed by atoms with Crippen LogP contribution in [0.15, 0.2) is 12.2 Å².